The molecule has 0 amide bonds. The molecular formula is C11H13ClO4. The van der Waals surface area contributed by atoms with E-state index in [1.807, 2.05) is 0 Å². The molecule has 3 aliphatic rings. The zero-order valence-corrected chi connectivity index (χ0v) is 9.53. The number of alkyl halides is 1. The summed E-state index contributed by atoms with van der Waals surface area (Å²) in [5.74, 6) is -0.582. The van der Waals surface area contributed by atoms with Gasteiger partial charge in [-0.05, 0) is 25.2 Å². The molecule has 3 rings (SSSR count). The fourth-order valence-corrected chi connectivity index (χ4v) is 3.62. The summed E-state index contributed by atoms with van der Waals surface area (Å²) in [6.07, 6.45) is 3.11. The third kappa shape index (κ3) is 1.35. The highest BCUT2D eigenvalue weighted by atomic mass is 35.5. The van der Waals surface area contributed by atoms with Crippen LogP contribution in [0.3, 0.4) is 0 Å². The molecule has 0 aromatic rings. The lowest BCUT2D eigenvalue weighted by Crippen LogP contribution is -2.52. The summed E-state index contributed by atoms with van der Waals surface area (Å²) in [4.78, 5) is 23.1. The molecule has 3 fully saturated rings. The molecule has 2 saturated carbocycles. The van der Waals surface area contributed by atoms with Crippen LogP contribution in [0.15, 0.2) is 0 Å². The van der Waals surface area contributed by atoms with Gasteiger partial charge < -0.3 is 9.47 Å². The Kier molecular flexibility index (Phi) is 2.18. The van der Waals surface area contributed by atoms with Gasteiger partial charge in [0.05, 0.1) is 5.92 Å². The molecule has 1 saturated heterocycles. The first-order valence-corrected chi connectivity index (χ1v) is 6.15. The van der Waals surface area contributed by atoms with Crippen LogP contribution in [0, 0.1) is 11.8 Å². The molecule has 0 radical (unpaired) electrons. The monoisotopic (exact) mass is 244 g/mol. The fraction of sp³-hybridized carbons (Fsp3) is 0.818. The standard InChI is InChI=1S/C11H13ClO4/c12-5-9(13)16-11-3-6-1-7(4-11)15-10(14)8(11)2-6/h6-8H,1-5H2. The van der Waals surface area contributed by atoms with Gasteiger partial charge in [0.2, 0.25) is 0 Å². The lowest BCUT2D eigenvalue weighted by atomic mass is 9.78. The Hall–Kier alpha value is -0.770. The van der Waals surface area contributed by atoms with Crippen molar-refractivity contribution in [3.05, 3.63) is 0 Å². The first kappa shape index (κ1) is 10.4. The Labute approximate surface area is 98.2 Å². The number of carbonyl (C=O) groups is 2. The molecule has 0 N–H and O–H groups in total. The molecule has 4 unspecified atom stereocenters. The van der Waals surface area contributed by atoms with Gasteiger partial charge in [-0.2, -0.15) is 0 Å². The quantitative estimate of drug-likeness (QED) is 0.542. The van der Waals surface area contributed by atoms with Crippen LogP contribution in [-0.4, -0.2) is 29.5 Å². The molecule has 4 atom stereocenters. The van der Waals surface area contributed by atoms with Crippen LogP contribution in [0.1, 0.15) is 25.7 Å². The molecule has 1 heterocycles. The lowest BCUT2D eigenvalue weighted by molar-refractivity contribution is -0.197. The molecule has 5 heteroatoms. The number of carbonyl (C=O) groups excluding carboxylic acids is 2. The molecule has 2 aliphatic carbocycles. The zero-order chi connectivity index (χ0) is 11.3. The van der Waals surface area contributed by atoms with E-state index in [1.165, 1.54) is 0 Å². The van der Waals surface area contributed by atoms with E-state index in [0.29, 0.717) is 12.3 Å². The Balaban J connectivity index is 1.90. The summed E-state index contributed by atoms with van der Waals surface area (Å²) >= 11 is 5.45. The summed E-state index contributed by atoms with van der Waals surface area (Å²) in [5, 5.41) is 0. The van der Waals surface area contributed by atoms with Gasteiger partial charge in [0, 0.05) is 6.42 Å². The number of fused-ring (bicyclic) bond motifs is 2. The highest BCUT2D eigenvalue weighted by Gasteiger charge is 2.62. The molecule has 0 aromatic carbocycles. The van der Waals surface area contributed by atoms with Crippen molar-refractivity contribution in [1.29, 1.82) is 0 Å². The maximum absolute atomic E-state index is 11.7. The van der Waals surface area contributed by atoms with Gasteiger partial charge >= 0.3 is 11.9 Å². The molecule has 0 spiro atoms. The zero-order valence-electron chi connectivity index (χ0n) is 8.78. The fourth-order valence-electron chi connectivity index (χ4n) is 3.56. The third-order valence-corrected chi connectivity index (χ3v) is 4.22. The second kappa shape index (κ2) is 3.36. The Bertz CT molecular complexity index is 356. The highest BCUT2D eigenvalue weighted by Crippen LogP contribution is 2.55. The van der Waals surface area contributed by atoms with Crippen LogP contribution in [0.25, 0.3) is 0 Å². The predicted octanol–water partition coefficient (Wildman–Crippen LogP) is 1.25. The predicted molar refractivity (Wildman–Crippen MR) is 54.9 cm³/mol. The maximum Gasteiger partial charge on any atom is 0.321 e. The Morgan fingerprint density at radius 3 is 3.06 bits per heavy atom. The van der Waals surface area contributed by atoms with Crippen molar-refractivity contribution in [2.75, 3.05) is 5.88 Å². The number of rotatable bonds is 2. The molecule has 16 heavy (non-hydrogen) atoms. The van der Waals surface area contributed by atoms with Crippen molar-refractivity contribution in [2.24, 2.45) is 11.8 Å². The van der Waals surface area contributed by atoms with Crippen LogP contribution < -0.4 is 0 Å². The van der Waals surface area contributed by atoms with E-state index in [-0.39, 0.29) is 23.9 Å². The van der Waals surface area contributed by atoms with Gasteiger partial charge in [-0.1, -0.05) is 0 Å². The number of hydrogen-bond acceptors (Lipinski definition) is 4. The van der Waals surface area contributed by atoms with Gasteiger partial charge in [0.1, 0.15) is 17.6 Å². The van der Waals surface area contributed by atoms with Gasteiger partial charge in [-0.3, -0.25) is 9.59 Å². The van der Waals surface area contributed by atoms with Crippen LogP contribution in [0.4, 0.5) is 0 Å². The SMILES string of the molecule is O=C(CCl)OC12CC3CC(C1)OC(=O)C2C3. The molecule has 88 valence electrons. The number of esters is 2. The minimum absolute atomic E-state index is 0.0619. The smallest absolute Gasteiger partial charge is 0.321 e. The van der Waals surface area contributed by atoms with Gasteiger partial charge in [0.25, 0.3) is 0 Å². The average molecular weight is 245 g/mol. The summed E-state index contributed by atoms with van der Waals surface area (Å²) < 4.78 is 10.7. The van der Waals surface area contributed by atoms with Gasteiger partial charge in [-0.25, -0.2) is 0 Å². The summed E-state index contributed by atoms with van der Waals surface area (Å²) in [7, 11) is 0. The summed E-state index contributed by atoms with van der Waals surface area (Å²) in [6, 6.07) is 0. The van der Waals surface area contributed by atoms with E-state index in [4.69, 9.17) is 21.1 Å². The minimum Gasteiger partial charge on any atom is -0.462 e. The van der Waals surface area contributed by atoms with Crippen molar-refractivity contribution in [2.45, 2.75) is 37.4 Å². The van der Waals surface area contributed by atoms with Crippen molar-refractivity contribution in [3.8, 4) is 0 Å². The van der Waals surface area contributed by atoms with Crippen LogP contribution in [-0.2, 0) is 19.1 Å². The second-order valence-electron chi connectivity index (χ2n) is 5.03. The van der Waals surface area contributed by atoms with E-state index in [0.717, 1.165) is 19.3 Å². The van der Waals surface area contributed by atoms with Crippen molar-refractivity contribution in [3.63, 3.8) is 0 Å². The van der Waals surface area contributed by atoms with Crippen LogP contribution >= 0.6 is 11.6 Å². The first-order chi connectivity index (χ1) is 7.63. The second-order valence-corrected chi connectivity index (χ2v) is 5.30. The van der Waals surface area contributed by atoms with Crippen molar-refractivity contribution >= 4 is 23.5 Å². The van der Waals surface area contributed by atoms with E-state index >= 15 is 0 Å². The normalized spacial score (nSPS) is 44.3. The Morgan fingerprint density at radius 1 is 1.50 bits per heavy atom. The number of ether oxygens (including phenoxy) is 2. The van der Waals surface area contributed by atoms with Gasteiger partial charge in [0.15, 0.2) is 0 Å². The number of hydrogen-bond donors (Lipinski definition) is 0. The topological polar surface area (TPSA) is 52.6 Å². The minimum atomic E-state index is -0.602. The molecular weight excluding hydrogens is 232 g/mol. The maximum atomic E-state index is 11.7. The summed E-state index contributed by atoms with van der Waals surface area (Å²) in [6.45, 7) is 0. The molecule has 0 aromatic heterocycles. The number of halogens is 1. The van der Waals surface area contributed by atoms with Crippen molar-refractivity contribution in [1.82, 2.24) is 0 Å². The van der Waals surface area contributed by atoms with Crippen LogP contribution in [0.5, 0.6) is 0 Å². The van der Waals surface area contributed by atoms with Crippen LogP contribution in [0.2, 0.25) is 0 Å². The molecule has 3 bridgehead atoms. The van der Waals surface area contributed by atoms with Crippen molar-refractivity contribution < 1.29 is 19.1 Å². The summed E-state index contributed by atoms with van der Waals surface area (Å²) in [5.41, 5.74) is -0.602. The average Bonchev–Trinajstić information content (AvgIpc) is 2.41. The molecule has 1 aliphatic heterocycles. The largest absolute Gasteiger partial charge is 0.462 e. The van der Waals surface area contributed by atoms with E-state index < -0.39 is 11.6 Å². The molecule has 4 nitrogen and oxygen atoms in total. The first-order valence-electron chi connectivity index (χ1n) is 5.61. The van der Waals surface area contributed by atoms with E-state index in [9.17, 15) is 9.59 Å². The van der Waals surface area contributed by atoms with Gasteiger partial charge in [-0.15, -0.1) is 11.6 Å². The lowest BCUT2D eigenvalue weighted by Gasteiger charge is -2.43. The van der Waals surface area contributed by atoms with E-state index in [1.54, 1.807) is 0 Å². The third-order valence-electron chi connectivity index (χ3n) is 4.00. The van der Waals surface area contributed by atoms with E-state index in [2.05, 4.69) is 0 Å². The Morgan fingerprint density at radius 2 is 2.31 bits per heavy atom. The highest BCUT2D eigenvalue weighted by molar-refractivity contribution is 6.26.